The van der Waals surface area contributed by atoms with Crippen LogP contribution in [0, 0.1) is 25.5 Å². The third-order valence-electron chi connectivity index (χ3n) is 3.74. The quantitative estimate of drug-likeness (QED) is 0.856. The van der Waals surface area contributed by atoms with E-state index in [1.165, 1.54) is 11.1 Å². The van der Waals surface area contributed by atoms with Gasteiger partial charge in [-0.25, -0.2) is 8.78 Å². The Morgan fingerprint density at radius 2 is 1.86 bits per heavy atom. The van der Waals surface area contributed by atoms with Gasteiger partial charge in [0.1, 0.15) is 0 Å². The van der Waals surface area contributed by atoms with Crippen LogP contribution in [-0.4, -0.2) is 6.54 Å². The zero-order valence-corrected chi connectivity index (χ0v) is 12.7. The van der Waals surface area contributed by atoms with E-state index in [-0.39, 0.29) is 6.04 Å². The molecule has 0 aliphatic carbocycles. The maximum absolute atomic E-state index is 14.0. The molecule has 0 fully saturated rings. The van der Waals surface area contributed by atoms with Crippen molar-refractivity contribution in [3.05, 3.63) is 70.3 Å². The topological polar surface area (TPSA) is 12.0 Å². The Labute approximate surface area is 125 Å². The van der Waals surface area contributed by atoms with Crippen molar-refractivity contribution in [1.82, 2.24) is 5.32 Å². The average Bonchev–Trinajstić information content (AvgIpc) is 2.45. The molecule has 1 N–H and O–H groups in total. The van der Waals surface area contributed by atoms with Crippen LogP contribution in [0.3, 0.4) is 0 Å². The molecule has 0 aromatic heterocycles. The van der Waals surface area contributed by atoms with Crippen LogP contribution >= 0.6 is 0 Å². The van der Waals surface area contributed by atoms with Crippen molar-refractivity contribution in [2.45, 2.75) is 33.2 Å². The van der Waals surface area contributed by atoms with Crippen molar-refractivity contribution in [3.63, 3.8) is 0 Å². The number of benzene rings is 2. The lowest BCUT2D eigenvalue weighted by Crippen LogP contribution is -2.24. The molecule has 1 nitrogen and oxygen atoms in total. The van der Waals surface area contributed by atoms with Gasteiger partial charge in [0.2, 0.25) is 0 Å². The SMILES string of the molecule is CCNC(Cc1cc(C)ccc1C)c1cccc(F)c1F. The van der Waals surface area contributed by atoms with E-state index in [2.05, 4.69) is 23.5 Å². The molecule has 1 atom stereocenters. The van der Waals surface area contributed by atoms with Gasteiger partial charge in [-0.05, 0) is 44.0 Å². The minimum atomic E-state index is -0.795. The van der Waals surface area contributed by atoms with Gasteiger partial charge >= 0.3 is 0 Å². The monoisotopic (exact) mass is 289 g/mol. The van der Waals surface area contributed by atoms with Crippen LogP contribution in [0.15, 0.2) is 36.4 Å². The van der Waals surface area contributed by atoms with Crippen molar-refractivity contribution < 1.29 is 8.78 Å². The number of hydrogen-bond donors (Lipinski definition) is 1. The summed E-state index contributed by atoms with van der Waals surface area (Å²) in [5, 5.41) is 3.26. The molecule has 0 saturated carbocycles. The van der Waals surface area contributed by atoms with Crippen LogP contribution in [-0.2, 0) is 6.42 Å². The molecule has 21 heavy (non-hydrogen) atoms. The van der Waals surface area contributed by atoms with Gasteiger partial charge in [0.25, 0.3) is 0 Å². The largest absolute Gasteiger partial charge is 0.310 e. The highest BCUT2D eigenvalue weighted by Gasteiger charge is 2.18. The summed E-state index contributed by atoms with van der Waals surface area (Å²) >= 11 is 0. The predicted octanol–water partition coefficient (Wildman–Crippen LogP) is 4.47. The summed E-state index contributed by atoms with van der Waals surface area (Å²) < 4.78 is 27.5. The third-order valence-corrected chi connectivity index (χ3v) is 3.74. The van der Waals surface area contributed by atoms with Crippen LogP contribution in [0.1, 0.15) is 35.2 Å². The van der Waals surface area contributed by atoms with Crippen LogP contribution in [0.5, 0.6) is 0 Å². The van der Waals surface area contributed by atoms with Gasteiger partial charge in [0, 0.05) is 11.6 Å². The highest BCUT2D eigenvalue weighted by molar-refractivity contribution is 5.33. The minimum Gasteiger partial charge on any atom is -0.310 e. The van der Waals surface area contributed by atoms with Crippen LogP contribution < -0.4 is 5.32 Å². The van der Waals surface area contributed by atoms with E-state index in [0.717, 1.165) is 11.6 Å². The first-order valence-electron chi connectivity index (χ1n) is 7.26. The van der Waals surface area contributed by atoms with Gasteiger partial charge in [-0.15, -0.1) is 0 Å². The summed E-state index contributed by atoms with van der Waals surface area (Å²) in [5.41, 5.74) is 3.88. The molecule has 112 valence electrons. The fourth-order valence-corrected chi connectivity index (χ4v) is 2.57. The average molecular weight is 289 g/mol. The fourth-order valence-electron chi connectivity index (χ4n) is 2.57. The number of rotatable bonds is 5. The second-order valence-corrected chi connectivity index (χ2v) is 5.39. The van der Waals surface area contributed by atoms with E-state index < -0.39 is 11.6 Å². The molecule has 2 aromatic carbocycles. The molecule has 0 saturated heterocycles. The number of nitrogens with one attached hydrogen (secondary N) is 1. The van der Waals surface area contributed by atoms with E-state index in [1.54, 1.807) is 12.1 Å². The lowest BCUT2D eigenvalue weighted by Gasteiger charge is -2.20. The maximum Gasteiger partial charge on any atom is 0.163 e. The minimum absolute atomic E-state index is 0.230. The highest BCUT2D eigenvalue weighted by Crippen LogP contribution is 2.24. The van der Waals surface area contributed by atoms with E-state index >= 15 is 0 Å². The summed E-state index contributed by atoms with van der Waals surface area (Å²) in [4.78, 5) is 0. The van der Waals surface area contributed by atoms with Crippen molar-refractivity contribution in [2.24, 2.45) is 0 Å². The van der Waals surface area contributed by atoms with E-state index in [1.807, 2.05) is 20.8 Å². The lowest BCUT2D eigenvalue weighted by molar-refractivity contribution is 0.464. The molecule has 2 aromatic rings. The van der Waals surface area contributed by atoms with Crippen molar-refractivity contribution >= 4 is 0 Å². The first-order valence-corrected chi connectivity index (χ1v) is 7.26. The molecular weight excluding hydrogens is 268 g/mol. The highest BCUT2D eigenvalue weighted by atomic mass is 19.2. The molecule has 0 bridgehead atoms. The van der Waals surface area contributed by atoms with Crippen LogP contribution in [0.4, 0.5) is 8.78 Å². The summed E-state index contributed by atoms with van der Waals surface area (Å²) in [6.07, 6.45) is 0.641. The Morgan fingerprint density at radius 3 is 2.57 bits per heavy atom. The predicted molar refractivity (Wildman–Crippen MR) is 82.4 cm³/mol. The van der Waals surface area contributed by atoms with Gasteiger partial charge in [0.15, 0.2) is 11.6 Å². The van der Waals surface area contributed by atoms with Gasteiger partial charge in [-0.2, -0.15) is 0 Å². The smallest absolute Gasteiger partial charge is 0.163 e. The van der Waals surface area contributed by atoms with Gasteiger partial charge in [-0.3, -0.25) is 0 Å². The molecule has 0 spiro atoms. The van der Waals surface area contributed by atoms with Gasteiger partial charge < -0.3 is 5.32 Å². The molecule has 0 heterocycles. The first kappa shape index (κ1) is 15.6. The summed E-state index contributed by atoms with van der Waals surface area (Å²) in [6.45, 7) is 6.74. The molecular formula is C18H21F2N. The Morgan fingerprint density at radius 1 is 1.10 bits per heavy atom. The zero-order valence-electron chi connectivity index (χ0n) is 12.7. The standard InChI is InChI=1S/C18H21F2N/c1-4-21-17(15-6-5-7-16(19)18(15)20)11-14-10-12(2)8-9-13(14)3/h5-10,17,21H,4,11H2,1-3H3. The summed E-state index contributed by atoms with van der Waals surface area (Å²) in [6, 6.07) is 10.4. The number of halogens is 2. The number of hydrogen-bond acceptors (Lipinski definition) is 1. The molecule has 1 unspecified atom stereocenters. The number of aryl methyl sites for hydroxylation is 2. The zero-order chi connectivity index (χ0) is 15.4. The Kier molecular flexibility index (Phi) is 5.07. The Balaban J connectivity index is 2.35. The van der Waals surface area contributed by atoms with E-state index in [4.69, 9.17) is 0 Å². The Hall–Kier alpha value is -1.74. The molecule has 2 rings (SSSR count). The first-order chi connectivity index (χ1) is 10.0. The second-order valence-electron chi connectivity index (χ2n) is 5.39. The van der Waals surface area contributed by atoms with Crippen molar-refractivity contribution in [3.8, 4) is 0 Å². The fraction of sp³-hybridized carbons (Fsp3) is 0.333. The van der Waals surface area contributed by atoms with Gasteiger partial charge in [-0.1, -0.05) is 42.8 Å². The molecule has 0 aliphatic rings. The van der Waals surface area contributed by atoms with E-state index in [0.29, 0.717) is 18.5 Å². The lowest BCUT2D eigenvalue weighted by atomic mass is 9.94. The van der Waals surface area contributed by atoms with E-state index in [9.17, 15) is 8.78 Å². The maximum atomic E-state index is 14.0. The number of likely N-dealkylation sites (N-methyl/N-ethyl adjacent to an activating group) is 1. The van der Waals surface area contributed by atoms with Gasteiger partial charge in [0.05, 0.1) is 0 Å². The molecule has 0 aliphatic heterocycles. The Bertz CT molecular complexity index is 623. The van der Waals surface area contributed by atoms with Crippen molar-refractivity contribution in [1.29, 1.82) is 0 Å². The normalized spacial score (nSPS) is 12.4. The summed E-state index contributed by atoms with van der Waals surface area (Å²) in [5.74, 6) is -1.55. The second kappa shape index (κ2) is 6.81. The van der Waals surface area contributed by atoms with Crippen LogP contribution in [0.2, 0.25) is 0 Å². The molecule has 0 radical (unpaired) electrons. The molecule has 0 amide bonds. The summed E-state index contributed by atoms with van der Waals surface area (Å²) in [7, 11) is 0. The molecule has 3 heteroatoms. The third kappa shape index (κ3) is 3.67. The van der Waals surface area contributed by atoms with Crippen molar-refractivity contribution in [2.75, 3.05) is 6.54 Å². The van der Waals surface area contributed by atoms with Crippen LogP contribution in [0.25, 0.3) is 0 Å².